The van der Waals surface area contributed by atoms with E-state index in [-0.39, 0.29) is 17.1 Å². The molecule has 18 heavy (non-hydrogen) atoms. The molecule has 1 fully saturated rings. The first-order chi connectivity index (χ1) is 8.42. The van der Waals surface area contributed by atoms with Crippen molar-refractivity contribution in [1.29, 1.82) is 0 Å². The summed E-state index contributed by atoms with van der Waals surface area (Å²) in [6, 6.07) is 5.23. The lowest BCUT2D eigenvalue weighted by Gasteiger charge is -2.33. The molecule has 5 heteroatoms. The van der Waals surface area contributed by atoms with Gasteiger partial charge in [0.25, 0.3) is 10.1 Å². The van der Waals surface area contributed by atoms with Crippen LogP contribution in [-0.2, 0) is 19.0 Å². The lowest BCUT2D eigenvalue weighted by atomic mass is 9.92. The van der Waals surface area contributed by atoms with E-state index in [0.29, 0.717) is 12.8 Å². The molecular formula is C13H18O4S. The zero-order valence-electron chi connectivity index (χ0n) is 10.8. The van der Waals surface area contributed by atoms with Crippen molar-refractivity contribution >= 4 is 10.1 Å². The highest BCUT2D eigenvalue weighted by atomic mass is 32.2. The highest BCUT2D eigenvalue weighted by Crippen LogP contribution is 2.30. The maximum Gasteiger partial charge on any atom is 0.297 e. The fourth-order valence-electron chi connectivity index (χ4n) is 2.10. The molecule has 0 amide bonds. The van der Waals surface area contributed by atoms with Crippen LogP contribution in [0.2, 0.25) is 0 Å². The van der Waals surface area contributed by atoms with Gasteiger partial charge in [-0.05, 0) is 25.5 Å². The first kappa shape index (κ1) is 13.5. The minimum atomic E-state index is -3.66. The number of ether oxygens (including phenoxy) is 1. The van der Waals surface area contributed by atoms with Crippen LogP contribution < -0.4 is 0 Å². The fraction of sp³-hybridized carbons (Fsp3) is 0.538. The zero-order chi connectivity index (χ0) is 13.3. The molecule has 0 unspecified atom stereocenters. The van der Waals surface area contributed by atoms with Crippen molar-refractivity contribution in [2.45, 2.75) is 43.8 Å². The van der Waals surface area contributed by atoms with Crippen LogP contribution >= 0.6 is 0 Å². The second-order valence-corrected chi connectivity index (χ2v) is 6.31. The summed E-state index contributed by atoms with van der Waals surface area (Å²) in [4.78, 5) is 0.258. The minimum Gasteiger partial charge on any atom is -0.381 e. The third kappa shape index (κ3) is 2.74. The number of methoxy groups -OCH3 is 1. The molecule has 1 aromatic carbocycles. The van der Waals surface area contributed by atoms with Crippen LogP contribution in [0.1, 0.15) is 24.0 Å². The average Bonchev–Trinajstić information content (AvgIpc) is 2.22. The van der Waals surface area contributed by atoms with Crippen LogP contribution in [0, 0.1) is 13.8 Å². The molecule has 0 radical (unpaired) electrons. The van der Waals surface area contributed by atoms with Crippen LogP contribution in [-0.4, -0.2) is 27.7 Å². The first-order valence-corrected chi connectivity index (χ1v) is 7.36. The molecule has 1 aromatic rings. The molecule has 100 valence electrons. The molecule has 0 saturated heterocycles. The molecule has 4 nitrogen and oxygen atoms in total. The third-order valence-electron chi connectivity index (χ3n) is 3.25. The minimum absolute atomic E-state index is 0.129. The first-order valence-electron chi connectivity index (χ1n) is 5.95. The zero-order valence-corrected chi connectivity index (χ0v) is 11.7. The molecule has 0 aliphatic heterocycles. The van der Waals surface area contributed by atoms with Gasteiger partial charge in [0.15, 0.2) is 0 Å². The Balaban J connectivity index is 2.11. The Morgan fingerprint density at radius 3 is 2.39 bits per heavy atom. The summed E-state index contributed by atoms with van der Waals surface area (Å²) in [5.41, 5.74) is 1.76. The SMILES string of the molecule is COC1CC(OS(=O)(=O)c2ccc(C)cc2C)C1. The Kier molecular flexibility index (Phi) is 3.75. The summed E-state index contributed by atoms with van der Waals surface area (Å²) in [6.07, 6.45) is 1.16. The van der Waals surface area contributed by atoms with Gasteiger partial charge in [0, 0.05) is 20.0 Å². The topological polar surface area (TPSA) is 52.6 Å². The Hall–Kier alpha value is -0.910. The smallest absolute Gasteiger partial charge is 0.297 e. The number of hydrogen-bond donors (Lipinski definition) is 0. The molecule has 0 aromatic heterocycles. The number of rotatable bonds is 4. The Labute approximate surface area is 108 Å². The molecule has 0 spiro atoms. The van der Waals surface area contributed by atoms with E-state index in [4.69, 9.17) is 8.92 Å². The summed E-state index contributed by atoms with van der Waals surface area (Å²) in [5, 5.41) is 0. The molecule has 2 rings (SSSR count). The number of aryl methyl sites for hydroxylation is 2. The van der Waals surface area contributed by atoms with Crippen molar-refractivity contribution < 1.29 is 17.3 Å². The van der Waals surface area contributed by atoms with Gasteiger partial charge in [0.2, 0.25) is 0 Å². The van der Waals surface area contributed by atoms with Crippen LogP contribution in [0.15, 0.2) is 23.1 Å². The summed E-state index contributed by atoms with van der Waals surface area (Å²) in [6.45, 7) is 3.71. The lowest BCUT2D eigenvalue weighted by Crippen LogP contribution is -2.38. The molecule has 0 N–H and O–H groups in total. The average molecular weight is 270 g/mol. The van der Waals surface area contributed by atoms with Crippen molar-refractivity contribution in [3.8, 4) is 0 Å². The van der Waals surface area contributed by atoms with Crippen LogP contribution in [0.3, 0.4) is 0 Å². The fourth-order valence-corrected chi connectivity index (χ4v) is 3.41. The maximum absolute atomic E-state index is 12.1. The molecule has 1 aliphatic carbocycles. The highest BCUT2D eigenvalue weighted by Gasteiger charge is 2.34. The largest absolute Gasteiger partial charge is 0.381 e. The van der Waals surface area contributed by atoms with E-state index in [2.05, 4.69) is 0 Å². The standard InChI is InChI=1S/C13H18O4S/c1-9-4-5-13(10(2)6-9)18(14,15)17-12-7-11(8-12)16-3/h4-6,11-12H,7-8H2,1-3H3. The van der Waals surface area contributed by atoms with E-state index in [1.165, 1.54) is 0 Å². The van der Waals surface area contributed by atoms with E-state index in [1.54, 1.807) is 26.2 Å². The Bertz CT molecular complexity index is 530. The van der Waals surface area contributed by atoms with Gasteiger partial charge in [-0.3, -0.25) is 4.18 Å². The monoisotopic (exact) mass is 270 g/mol. The second-order valence-electron chi connectivity index (χ2n) is 4.77. The molecule has 0 bridgehead atoms. The molecule has 1 aliphatic rings. The number of hydrogen-bond acceptors (Lipinski definition) is 4. The summed E-state index contributed by atoms with van der Waals surface area (Å²) < 4.78 is 34.5. The van der Waals surface area contributed by atoms with Crippen LogP contribution in [0.25, 0.3) is 0 Å². The van der Waals surface area contributed by atoms with Gasteiger partial charge in [-0.15, -0.1) is 0 Å². The second kappa shape index (κ2) is 4.99. The lowest BCUT2D eigenvalue weighted by molar-refractivity contribution is -0.0354. The van der Waals surface area contributed by atoms with Crippen molar-refractivity contribution in [2.75, 3.05) is 7.11 Å². The van der Waals surface area contributed by atoms with E-state index in [0.717, 1.165) is 11.1 Å². The Morgan fingerprint density at radius 2 is 1.83 bits per heavy atom. The molecular weight excluding hydrogens is 252 g/mol. The Morgan fingerprint density at radius 1 is 1.17 bits per heavy atom. The van der Waals surface area contributed by atoms with Crippen molar-refractivity contribution in [3.63, 3.8) is 0 Å². The van der Waals surface area contributed by atoms with Gasteiger partial charge in [-0.1, -0.05) is 17.7 Å². The van der Waals surface area contributed by atoms with E-state index < -0.39 is 10.1 Å². The van der Waals surface area contributed by atoms with E-state index in [9.17, 15) is 8.42 Å². The third-order valence-corrected chi connectivity index (χ3v) is 4.77. The number of benzene rings is 1. The summed E-state index contributed by atoms with van der Waals surface area (Å²) in [7, 11) is -2.03. The predicted octanol–water partition coefficient (Wildman–Crippen LogP) is 2.19. The van der Waals surface area contributed by atoms with E-state index in [1.807, 2.05) is 13.0 Å². The van der Waals surface area contributed by atoms with Crippen LogP contribution in [0.5, 0.6) is 0 Å². The molecule has 0 atom stereocenters. The van der Waals surface area contributed by atoms with Gasteiger partial charge >= 0.3 is 0 Å². The predicted molar refractivity (Wildman–Crippen MR) is 68.0 cm³/mol. The van der Waals surface area contributed by atoms with Crippen LogP contribution in [0.4, 0.5) is 0 Å². The maximum atomic E-state index is 12.1. The van der Waals surface area contributed by atoms with Crippen molar-refractivity contribution in [1.82, 2.24) is 0 Å². The normalized spacial score (nSPS) is 23.7. The van der Waals surface area contributed by atoms with Crippen molar-refractivity contribution in [2.24, 2.45) is 0 Å². The van der Waals surface area contributed by atoms with Crippen molar-refractivity contribution in [3.05, 3.63) is 29.3 Å². The van der Waals surface area contributed by atoms with Gasteiger partial charge in [0.1, 0.15) is 0 Å². The van der Waals surface area contributed by atoms with Gasteiger partial charge in [-0.25, -0.2) is 0 Å². The quantitative estimate of drug-likeness (QED) is 0.787. The van der Waals surface area contributed by atoms with Gasteiger partial charge in [0.05, 0.1) is 17.1 Å². The van der Waals surface area contributed by atoms with E-state index >= 15 is 0 Å². The summed E-state index contributed by atoms with van der Waals surface area (Å²) in [5.74, 6) is 0. The van der Waals surface area contributed by atoms with Gasteiger partial charge < -0.3 is 4.74 Å². The molecule has 1 saturated carbocycles. The van der Waals surface area contributed by atoms with Gasteiger partial charge in [-0.2, -0.15) is 8.42 Å². The summed E-state index contributed by atoms with van der Waals surface area (Å²) >= 11 is 0. The molecule has 0 heterocycles. The highest BCUT2D eigenvalue weighted by molar-refractivity contribution is 7.86.